The molecule has 170 valence electrons. The number of carbonyl (C=O) groups excluding carboxylic acids is 1. The van der Waals surface area contributed by atoms with Crippen LogP contribution in [0, 0.1) is 18.7 Å². The molecular weight excluding hydrogens is 407 g/mol. The molecule has 1 aromatic carbocycles. The Bertz CT molecular complexity index is 1070. The van der Waals surface area contributed by atoms with Gasteiger partial charge in [0.2, 0.25) is 5.91 Å². The highest BCUT2D eigenvalue weighted by molar-refractivity contribution is 5.78. The highest BCUT2D eigenvalue weighted by atomic mass is 19.1. The number of benzene rings is 1. The van der Waals surface area contributed by atoms with Gasteiger partial charge in [0.25, 0.3) is 0 Å². The molecule has 0 spiro atoms. The Morgan fingerprint density at radius 3 is 2.72 bits per heavy atom. The van der Waals surface area contributed by atoms with Gasteiger partial charge in [-0.3, -0.25) is 14.4 Å². The number of nitrogens with zero attached hydrogens (tertiary/aromatic N) is 5. The van der Waals surface area contributed by atoms with E-state index in [0.29, 0.717) is 17.8 Å². The summed E-state index contributed by atoms with van der Waals surface area (Å²) in [7, 11) is 1.90. The van der Waals surface area contributed by atoms with E-state index in [2.05, 4.69) is 20.3 Å². The third-order valence-electron chi connectivity index (χ3n) is 6.29. The molecule has 1 saturated heterocycles. The first kappa shape index (κ1) is 22.2. The van der Waals surface area contributed by atoms with Crippen molar-refractivity contribution in [3.63, 3.8) is 0 Å². The van der Waals surface area contributed by atoms with Crippen LogP contribution in [0.5, 0.6) is 0 Å². The molecule has 1 aliphatic rings. The zero-order valence-corrected chi connectivity index (χ0v) is 19.0. The zero-order valence-electron chi connectivity index (χ0n) is 19.0. The smallest absolute Gasteiger partial charge is 0.224 e. The number of likely N-dealkylation sites (tertiary alicyclic amines) is 1. The molecule has 4 rings (SSSR count). The van der Waals surface area contributed by atoms with Crippen molar-refractivity contribution in [2.75, 3.05) is 13.1 Å². The van der Waals surface area contributed by atoms with Crippen molar-refractivity contribution < 1.29 is 9.18 Å². The van der Waals surface area contributed by atoms with Crippen molar-refractivity contribution in [2.24, 2.45) is 13.0 Å². The van der Waals surface area contributed by atoms with Crippen LogP contribution in [0.4, 0.5) is 4.39 Å². The van der Waals surface area contributed by atoms with Gasteiger partial charge < -0.3 is 9.88 Å². The molecule has 1 fully saturated rings. The molecule has 0 aliphatic carbocycles. The van der Waals surface area contributed by atoms with Gasteiger partial charge in [-0.05, 0) is 38.0 Å². The molecule has 8 heteroatoms. The lowest BCUT2D eigenvalue weighted by Crippen LogP contribution is -2.46. The van der Waals surface area contributed by atoms with E-state index in [1.54, 1.807) is 18.3 Å². The summed E-state index contributed by atoms with van der Waals surface area (Å²) >= 11 is 0. The molecule has 3 heterocycles. The minimum absolute atomic E-state index is 0.0951. The Kier molecular flexibility index (Phi) is 6.69. The summed E-state index contributed by atoms with van der Waals surface area (Å²) in [4.78, 5) is 19.2. The van der Waals surface area contributed by atoms with E-state index in [-0.39, 0.29) is 23.7 Å². The Hall–Kier alpha value is -3.00. The van der Waals surface area contributed by atoms with Gasteiger partial charge in [-0.25, -0.2) is 9.37 Å². The topological polar surface area (TPSA) is 68.0 Å². The molecular formula is C24H31FN6O. The standard InChI is InChI=1S/C24H31FN6O/c1-17(15-31-13-10-26-18(31)2)24(32)27-19-8-11-30(12-9-19)16-20-14-23(28-29(20)3)21-6-4-5-7-22(21)25/h4-7,10,13-14,17,19H,8-9,11-12,15-16H2,1-3H3,(H,27,32)/t17-/m0/s1. The Labute approximate surface area is 188 Å². The fourth-order valence-corrected chi connectivity index (χ4v) is 4.24. The van der Waals surface area contributed by atoms with E-state index in [9.17, 15) is 9.18 Å². The van der Waals surface area contributed by atoms with Gasteiger partial charge in [0, 0.05) is 57.2 Å². The molecule has 1 amide bonds. The number of amides is 1. The highest BCUT2D eigenvalue weighted by Gasteiger charge is 2.24. The third kappa shape index (κ3) is 5.07. The summed E-state index contributed by atoms with van der Waals surface area (Å²) < 4.78 is 17.9. The van der Waals surface area contributed by atoms with E-state index < -0.39 is 0 Å². The van der Waals surface area contributed by atoms with Crippen molar-refractivity contribution in [1.29, 1.82) is 0 Å². The van der Waals surface area contributed by atoms with E-state index in [0.717, 1.165) is 44.0 Å². The third-order valence-corrected chi connectivity index (χ3v) is 6.29. The van der Waals surface area contributed by atoms with Crippen LogP contribution >= 0.6 is 0 Å². The molecule has 0 unspecified atom stereocenters. The normalized spacial score (nSPS) is 16.2. The summed E-state index contributed by atoms with van der Waals surface area (Å²) in [6.45, 7) is 7.11. The van der Waals surface area contributed by atoms with Crippen molar-refractivity contribution in [3.8, 4) is 11.3 Å². The van der Waals surface area contributed by atoms with Gasteiger partial charge >= 0.3 is 0 Å². The van der Waals surface area contributed by atoms with Crippen LogP contribution < -0.4 is 5.32 Å². The summed E-state index contributed by atoms with van der Waals surface area (Å²) in [6.07, 6.45) is 5.51. The van der Waals surface area contributed by atoms with E-state index in [1.165, 1.54) is 6.07 Å². The summed E-state index contributed by atoms with van der Waals surface area (Å²) in [5.41, 5.74) is 2.23. The minimum Gasteiger partial charge on any atom is -0.353 e. The maximum atomic E-state index is 14.1. The molecule has 7 nitrogen and oxygen atoms in total. The van der Waals surface area contributed by atoms with Crippen molar-refractivity contribution >= 4 is 5.91 Å². The van der Waals surface area contributed by atoms with E-state index in [1.807, 2.05) is 48.5 Å². The van der Waals surface area contributed by atoms with Crippen LogP contribution in [0.15, 0.2) is 42.7 Å². The predicted molar refractivity (Wildman–Crippen MR) is 121 cm³/mol. The average Bonchev–Trinajstić information content (AvgIpc) is 3.35. The fourth-order valence-electron chi connectivity index (χ4n) is 4.24. The van der Waals surface area contributed by atoms with Crippen LogP contribution in [0.1, 0.15) is 31.3 Å². The lowest BCUT2D eigenvalue weighted by Gasteiger charge is -2.32. The molecule has 1 aliphatic heterocycles. The Balaban J connectivity index is 1.28. The number of imidazole rings is 1. The van der Waals surface area contributed by atoms with E-state index >= 15 is 0 Å². The summed E-state index contributed by atoms with van der Waals surface area (Å²) in [6, 6.07) is 8.89. The average molecular weight is 439 g/mol. The lowest BCUT2D eigenvalue weighted by molar-refractivity contribution is -0.125. The number of aromatic nitrogens is 4. The first-order valence-corrected chi connectivity index (χ1v) is 11.2. The second-order valence-electron chi connectivity index (χ2n) is 8.71. The largest absolute Gasteiger partial charge is 0.353 e. The van der Waals surface area contributed by atoms with Crippen LogP contribution in [0.25, 0.3) is 11.3 Å². The summed E-state index contributed by atoms with van der Waals surface area (Å²) in [5.74, 6) is 0.655. The second kappa shape index (κ2) is 9.65. The van der Waals surface area contributed by atoms with Crippen LogP contribution in [0.3, 0.4) is 0 Å². The molecule has 3 aromatic rings. The SMILES string of the molecule is Cc1nccn1C[C@H](C)C(=O)NC1CCN(Cc2cc(-c3ccccc3F)nn2C)CC1. The zero-order chi connectivity index (χ0) is 22.7. The number of nitrogens with one attached hydrogen (secondary N) is 1. The van der Waals surface area contributed by atoms with Crippen molar-refractivity contribution in [3.05, 3.63) is 60.1 Å². The molecule has 1 N–H and O–H groups in total. The summed E-state index contributed by atoms with van der Waals surface area (Å²) in [5, 5.41) is 7.72. The molecule has 32 heavy (non-hydrogen) atoms. The Morgan fingerprint density at radius 1 is 1.28 bits per heavy atom. The molecule has 2 aromatic heterocycles. The van der Waals surface area contributed by atoms with Gasteiger partial charge in [0.05, 0.1) is 17.3 Å². The predicted octanol–water partition coefficient (Wildman–Crippen LogP) is 3.15. The lowest BCUT2D eigenvalue weighted by atomic mass is 10.0. The van der Waals surface area contributed by atoms with Gasteiger partial charge in [-0.1, -0.05) is 19.1 Å². The first-order chi connectivity index (χ1) is 15.4. The number of rotatable bonds is 7. The maximum Gasteiger partial charge on any atom is 0.224 e. The first-order valence-electron chi connectivity index (χ1n) is 11.2. The fraction of sp³-hybridized carbons (Fsp3) is 0.458. The molecule has 0 bridgehead atoms. The number of aryl methyl sites for hydroxylation is 2. The van der Waals surface area contributed by atoms with Gasteiger partial charge in [0.15, 0.2) is 0 Å². The number of halogens is 1. The molecule has 1 atom stereocenters. The van der Waals surface area contributed by atoms with Gasteiger partial charge in [-0.15, -0.1) is 0 Å². The second-order valence-corrected chi connectivity index (χ2v) is 8.71. The number of carbonyl (C=O) groups is 1. The minimum atomic E-state index is -0.258. The van der Waals surface area contributed by atoms with Crippen molar-refractivity contribution in [2.45, 2.75) is 45.8 Å². The number of piperidine rings is 1. The maximum absolute atomic E-state index is 14.1. The number of hydrogen-bond donors (Lipinski definition) is 1. The van der Waals surface area contributed by atoms with Gasteiger partial charge in [0.1, 0.15) is 11.6 Å². The monoisotopic (exact) mass is 438 g/mol. The molecule has 0 saturated carbocycles. The van der Waals surface area contributed by atoms with Crippen LogP contribution in [0.2, 0.25) is 0 Å². The van der Waals surface area contributed by atoms with Crippen LogP contribution in [-0.4, -0.2) is 49.3 Å². The van der Waals surface area contributed by atoms with Crippen LogP contribution in [-0.2, 0) is 24.9 Å². The van der Waals surface area contributed by atoms with Gasteiger partial charge in [-0.2, -0.15) is 5.10 Å². The highest BCUT2D eigenvalue weighted by Crippen LogP contribution is 2.23. The number of hydrogen-bond acceptors (Lipinski definition) is 4. The Morgan fingerprint density at radius 2 is 2.03 bits per heavy atom. The van der Waals surface area contributed by atoms with E-state index in [4.69, 9.17) is 0 Å². The molecule has 0 radical (unpaired) electrons. The quantitative estimate of drug-likeness (QED) is 0.615. The van der Waals surface area contributed by atoms with Crippen molar-refractivity contribution in [1.82, 2.24) is 29.5 Å².